The van der Waals surface area contributed by atoms with Gasteiger partial charge in [-0.2, -0.15) is 0 Å². The van der Waals surface area contributed by atoms with E-state index in [-0.39, 0.29) is 13.0 Å². The van der Waals surface area contributed by atoms with E-state index in [4.69, 9.17) is 15.2 Å². The maximum Gasteiger partial charge on any atom is 0.248 e. The number of hydrogen-bond donors (Lipinski definition) is 11. The summed E-state index contributed by atoms with van der Waals surface area (Å²) in [5.41, 5.74) is 5.24. The summed E-state index contributed by atoms with van der Waals surface area (Å²) in [6, 6.07) is -8.46. The van der Waals surface area contributed by atoms with Crippen molar-refractivity contribution in [3.63, 3.8) is 0 Å². The summed E-state index contributed by atoms with van der Waals surface area (Å²) in [5, 5.41) is 62.7. The Kier molecular flexibility index (Phi) is 17.4. The van der Waals surface area contributed by atoms with Gasteiger partial charge in [0.15, 0.2) is 6.29 Å². The van der Waals surface area contributed by atoms with Crippen LogP contribution in [-0.2, 0) is 43.0 Å². The number of carbonyl (C=O) groups is 7. The summed E-state index contributed by atoms with van der Waals surface area (Å²) < 4.78 is 11.6. The Morgan fingerprint density at radius 3 is 2.02 bits per heavy atom. The van der Waals surface area contributed by atoms with Crippen molar-refractivity contribution >= 4 is 41.4 Å². The molecule has 2 rings (SSSR count). The number of aliphatic hydroxyl groups is 5. The number of amides is 7. The van der Waals surface area contributed by atoms with Crippen LogP contribution in [0.1, 0.15) is 60.8 Å². The molecule has 2 saturated heterocycles. The lowest BCUT2D eigenvalue weighted by Crippen LogP contribution is -2.66. The maximum absolute atomic E-state index is 14.4. The summed E-state index contributed by atoms with van der Waals surface area (Å²) in [6.07, 6.45) is -8.34. The number of ether oxygens (including phenoxy) is 2. The number of aliphatic hydroxyl groups excluding tert-OH is 5. The third-order valence-electron chi connectivity index (χ3n) is 9.23. The molecule has 0 aliphatic carbocycles. The normalized spacial score (nSPS) is 26.8. The molecule has 302 valence electrons. The molecule has 12 N–H and O–H groups in total. The molecule has 0 saturated carbocycles. The molecule has 21 nitrogen and oxygen atoms in total. The second-order valence-corrected chi connectivity index (χ2v) is 13.4. The zero-order valence-corrected chi connectivity index (χ0v) is 30.7. The van der Waals surface area contributed by atoms with Crippen LogP contribution < -0.4 is 32.3 Å². The molecule has 0 aromatic carbocycles. The van der Waals surface area contributed by atoms with Crippen LogP contribution in [0.2, 0.25) is 0 Å². The fourth-order valence-corrected chi connectivity index (χ4v) is 6.03. The zero-order valence-electron chi connectivity index (χ0n) is 30.7. The van der Waals surface area contributed by atoms with Gasteiger partial charge in [-0.15, -0.1) is 0 Å². The summed E-state index contributed by atoms with van der Waals surface area (Å²) in [5.74, 6) is -6.25. The molecular weight excluding hydrogens is 706 g/mol. The predicted molar refractivity (Wildman–Crippen MR) is 181 cm³/mol. The minimum absolute atomic E-state index is 0.00192. The number of nitrogens with zero attached hydrogens (tertiary/aromatic N) is 1. The van der Waals surface area contributed by atoms with Gasteiger partial charge in [0.2, 0.25) is 41.4 Å². The lowest BCUT2D eigenvalue weighted by molar-refractivity contribution is -0.281. The zero-order chi connectivity index (χ0) is 40.3. The Hall–Kier alpha value is -3.99. The number of nitrogens with one attached hydrogen (secondary N) is 5. The van der Waals surface area contributed by atoms with Gasteiger partial charge in [-0.1, -0.05) is 20.3 Å². The first kappa shape index (κ1) is 45.2. The number of likely N-dealkylation sites (tertiary alicyclic amines) is 1. The van der Waals surface area contributed by atoms with Gasteiger partial charge in [-0.25, -0.2) is 0 Å². The average Bonchev–Trinajstić information content (AvgIpc) is 3.59. The third kappa shape index (κ3) is 12.0. The minimum atomic E-state index is -1.71. The van der Waals surface area contributed by atoms with Gasteiger partial charge in [-0.3, -0.25) is 33.6 Å². The quantitative estimate of drug-likeness (QED) is 0.0620. The Morgan fingerprint density at radius 2 is 1.51 bits per heavy atom. The summed E-state index contributed by atoms with van der Waals surface area (Å²) in [6.45, 7) is 6.65. The fourth-order valence-electron chi connectivity index (χ4n) is 6.03. The van der Waals surface area contributed by atoms with Gasteiger partial charge in [0.05, 0.1) is 25.4 Å². The highest BCUT2D eigenvalue weighted by molar-refractivity contribution is 5.97. The first-order valence-corrected chi connectivity index (χ1v) is 17.4. The third-order valence-corrected chi connectivity index (χ3v) is 9.23. The molecular formula is C32H55N7O14. The van der Waals surface area contributed by atoms with E-state index >= 15 is 0 Å². The molecule has 0 unspecified atom stereocenters. The number of hydrogen-bond acceptors (Lipinski definition) is 14. The van der Waals surface area contributed by atoms with Crippen LogP contribution in [-0.4, -0.2) is 165 Å². The van der Waals surface area contributed by atoms with Crippen LogP contribution in [0, 0.1) is 5.92 Å². The topological polar surface area (TPSA) is 329 Å². The highest BCUT2D eigenvalue weighted by Crippen LogP contribution is 2.26. The highest BCUT2D eigenvalue weighted by atomic mass is 16.7. The molecule has 2 fully saturated rings. The van der Waals surface area contributed by atoms with Crippen molar-refractivity contribution in [2.75, 3.05) is 19.8 Å². The molecule has 0 radical (unpaired) electrons. The van der Waals surface area contributed by atoms with E-state index in [0.29, 0.717) is 12.8 Å². The van der Waals surface area contributed by atoms with Crippen LogP contribution in [0.5, 0.6) is 0 Å². The first-order valence-electron chi connectivity index (χ1n) is 17.4. The van der Waals surface area contributed by atoms with E-state index in [1.807, 2.05) is 0 Å². The lowest BCUT2D eigenvalue weighted by Gasteiger charge is -2.43. The first-order chi connectivity index (χ1) is 24.8. The van der Waals surface area contributed by atoms with E-state index in [1.54, 1.807) is 13.8 Å². The molecule has 2 aliphatic heterocycles. The monoisotopic (exact) mass is 761 g/mol. The van der Waals surface area contributed by atoms with Crippen molar-refractivity contribution in [1.82, 2.24) is 31.5 Å². The summed E-state index contributed by atoms with van der Waals surface area (Å²) in [7, 11) is 0. The fraction of sp³-hybridized carbons (Fsp3) is 0.781. The van der Waals surface area contributed by atoms with Crippen molar-refractivity contribution in [2.24, 2.45) is 11.7 Å². The lowest BCUT2D eigenvalue weighted by atomic mass is 9.96. The SMILES string of the molecule is CC[C@H](C)[C@H](NC(=O)[C@@H]1CCCN1C(=O)[C@@H](NC(=O)[C@@H](NC(C)=O)[C@@H](C)O)[C@@H](C)O[C@H]1O[C@H](CO)[C@H](O)[C@H](O)[C@H]1NC(C)=O)C(=O)N[C@@H](CO)C(N)=O. The second kappa shape index (κ2) is 20.5. The summed E-state index contributed by atoms with van der Waals surface area (Å²) >= 11 is 0. The van der Waals surface area contributed by atoms with E-state index < -0.39 is 134 Å². The van der Waals surface area contributed by atoms with Crippen LogP contribution in [0.3, 0.4) is 0 Å². The number of carbonyl (C=O) groups excluding carboxylic acids is 7. The Bertz CT molecular complexity index is 1320. The number of primary amides is 1. The molecule has 0 bridgehead atoms. The minimum Gasteiger partial charge on any atom is -0.394 e. The van der Waals surface area contributed by atoms with Crippen LogP contribution >= 0.6 is 0 Å². The van der Waals surface area contributed by atoms with E-state index in [2.05, 4.69) is 26.6 Å². The van der Waals surface area contributed by atoms with Gasteiger partial charge >= 0.3 is 0 Å². The molecule has 0 aromatic rings. The van der Waals surface area contributed by atoms with E-state index in [1.165, 1.54) is 13.8 Å². The standard InChI is InChI=1S/C32H55N7O14/c1-7-13(2)21(29(49)36-18(11-40)27(33)47)37-28(48)19-9-8-10-39(19)31(51)23(38-30(50)22(14(3)42)34-16(5)43)15(4)52-32-24(35-17(6)44)26(46)25(45)20(12-41)53-32/h13-15,18-26,32,40-42,45-46H,7-12H2,1-6H3,(H2,33,47)(H,34,43)(H,35,44)(H,36,49)(H,37,48)(H,38,50)/t13-,14+,15+,18-,19-,20+,21-,22-,23-,24+,25-,26+,32-/m0/s1. The molecule has 7 amide bonds. The number of rotatable bonds is 18. The van der Waals surface area contributed by atoms with Crippen molar-refractivity contribution in [1.29, 1.82) is 0 Å². The van der Waals surface area contributed by atoms with Gasteiger partial charge in [-0.05, 0) is 32.6 Å². The number of nitrogens with two attached hydrogens (primary N) is 1. The highest BCUT2D eigenvalue weighted by Gasteiger charge is 2.48. The average molecular weight is 762 g/mol. The molecule has 21 heteroatoms. The van der Waals surface area contributed by atoms with Crippen molar-refractivity contribution in [3.8, 4) is 0 Å². The molecule has 2 heterocycles. The van der Waals surface area contributed by atoms with Gasteiger partial charge in [0, 0.05) is 20.4 Å². The van der Waals surface area contributed by atoms with Crippen LogP contribution in [0.4, 0.5) is 0 Å². The second-order valence-electron chi connectivity index (χ2n) is 13.4. The molecule has 53 heavy (non-hydrogen) atoms. The van der Waals surface area contributed by atoms with Crippen LogP contribution in [0.25, 0.3) is 0 Å². The van der Waals surface area contributed by atoms with Crippen molar-refractivity contribution < 1.29 is 68.6 Å². The van der Waals surface area contributed by atoms with Crippen LogP contribution in [0.15, 0.2) is 0 Å². The largest absolute Gasteiger partial charge is 0.394 e. The molecule has 2 aliphatic rings. The Labute approximate surface area is 306 Å². The van der Waals surface area contributed by atoms with E-state index in [0.717, 1.165) is 18.7 Å². The summed E-state index contributed by atoms with van der Waals surface area (Å²) in [4.78, 5) is 91.3. The Morgan fingerprint density at radius 1 is 0.887 bits per heavy atom. The van der Waals surface area contributed by atoms with Crippen molar-refractivity contribution in [3.05, 3.63) is 0 Å². The predicted octanol–water partition coefficient (Wildman–Crippen LogP) is -5.81. The van der Waals surface area contributed by atoms with Gasteiger partial charge in [0.1, 0.15) is 54.6 Å². The smallest absolute Gasteiger partial charge is 0.248 e. The molecule has 13 atom stereocenters. The Balaban J connectivity index is 2.48. The van der Waals surface area contributed by atoms with Gasteiger partial charge < -0.3 is 72.2 Å². The molecule has 0 spiro atoms. The maximum atomic E-state index is 14.4. The van der Waals surface area contributed by atoms with Gasteiger partial charge in [0.25, 0.3) is 0 Å². The molecule has 0 aromatic heterocycles. The van der Waals surface area contributed by atoms with Crippen molar-refractivity contribution in [2.45, 2.75) is 134 Å². The van der Waals surface area contributed by atoms with E-state index in [9.17, 15) is 59.1 Å².